The Morgan fingerprint density at radius 3 is 1.38 bits per heavy atom. The summed E-state index contributed by atoms with van der Waals surface area (Å²) in [6, 6.07) is 0. The van der Waals surface area contributed by atoms with Gasteiger partial charge < -0.3 is 28.3 Å². The van der Waals surface area contributed by atoms with Crippen LogP contribution in [0.2, 0.25) is 0 Å². The molecule has 0 aromatic carbocycles. The number of nitrogens with zero attached hydrogens (tertiary/aromatic N) is 1. The quantitative estimate of drug-likeness (QED) is 0.0218. The molecule has 9 heteroatoms. The summed E-state index contributed by atoms with van der Waals surface area (Å²) in [5.74, 6) is -0.392. The van der Waals surface area contributed by atoms with Crippen molar-refractivity contribution in [1.82, 2.24) is 0 Å². The molecule has 55 heavy (non-hydrogen) atoms. The minimum atomic E-state index is -4.51. The number of carbonyl (C=O) groups is 1. The number of carbonyl (C=O) groups excluding carboxylic acids is 1. The predicted molar refractivity (Wildman–Crippen MR) is 231 cm³/mol. The van der Waals surface area contributed by atoms with Crippen LogP contribution in [0.15, 0.2) is 85.1 Å². The van der Waals surface area contributed by atoms with Crippen LogP contribution in [-0.2, 0) is 23.1 Å². The molecule has 0 radical (unpaired) electrons. The minimum Gasteiger partial charge on any atom is -0.756 e. The van der Waals surface area contributed by atoms with Crippen molar-refractivity contribution in [3.05, 3.63) is 85.1 Å². The van der Waals surface area contributed by atoms with Crippen molar-refractivity contribution in [3.8, 4) is 0 Å². The molecule has 0 bridgehead atoms. The third-order valence-electron chi connectivity index (χ3n) is 8.66. The molecule has 0 rings (SSSR count). The van der Waals surface area contributed by atoms with Gasteiger partial charge in [-0.3, -0.25) is 9.36 Å². The maximum atomic E-state index is 11.9. The van der Waals surface area contributed by atoms with Gasteiger partial charge in [0.05, 0.1) is 27.7 Å². The van der Waals surface area contributed by atoms with Crippen LogP contribution in [0.5, 0.6) is 0 Å². The lowest BCUT2D eigenvalue weighted by atomic mass is 10.0. The number of quaternary nitrogens is 1. The SMILES string of the molecule is CC/C=C\C/C=C\C/C=C\C/C=C\C/C=C\C/C=C\C/C=C\CCCCCCCCCCCCCCCC(=O)OCC(O)COP(=O)([O-])OCC[N+](C)(C)C. The molecule has 0 aliphatic carbocycles. The van der Waals surface area contributed by atoms with Crippen LogP contribution in [0.4, 0.5) is 0 Å². The first-order chi connectivity index (χ1) is 26.6. The molecule has 0 saturated carbocycles. The Labute approximate surface area is 337 Å². The maximum absolute atomic E-state index is 11.9. The van der Waals surface area contributed by atoms with E-state index in [2.05, 4.69) is 92.0 Å². The number of unbranched alkanes of at least 4 members (excludes halogenated alkanes) is 13. The Kier molecular flexibility index (Phi) is 36.9. The van der Waals surface area contributed by atoms with Gasteiger partial charge >= 0.3 is 5.97 Å². The first-order valence-electron chi connectivity index (χ1n) is 21.3. The van der Waals surface area contributed by atoms with E-state index in [-0.39, 0.29) is 13.2 Å². The van der Waals surface area contributed by atoms with Crippen LogP contribution in [0.3, 0.4) is 0 Å². The summed E-state index contributed by atoms with van der Waals surface area (Å²) in [5.41, 5.74) is 0. The highest BCUT2D eigenvalue weighted by Gasteiger charge is 2.16. The van der Waals surface area contributed by atoms with Crippen molar-refractivity contribution in [1.29, 1.82) is 0 Å². The van der Waals surface area contributed by atoms with Gasteiger partial charge in [-0.1, -0.05) is 163 Å². The average Bonchev–Trinajstić information content (AvgIpc) is 3.14. The van der Waals surface area contributed by atoms with E-state index in [4.69, 9.17) is 13.8 Å². The third-order valence-corrected chi connectivity index (χ3v) is 9.62. The van der Waals surface area contributed by atoms with Gasteiger partial charge in [-0.25, -0.2) is 0 Å². The topological polar surface area (TPSA) is 105 Å². The minimum absolute atomic E-state index is 0.0113. The number of rotatable bonds is 38. The number of phosphoric acid groups is 1. The van der Waals surface area contributed by atoms with Crippen molar-refractivity contribution in [2.45, 2.75) is 154 Å². The molecule has 0 heterocycles. The summed E-state index contributed by atoms with van der Waals surface area (Å²) in [6.07, 6.45) is 54.7. The van der Waals surface area contributed by atoms with Gasteiger partial charge in [-0.05, 0) is 64.2 Å². The summed E-state index contributed by atoms with van der Waals surface area (Å²) in [6.45, 7) is 1.82. The Morgan fingerprint density at radius 2 is 0.964 bits per heavy atom. The highest BCUT2D eigenvalue weighted by molar-refractivity contribution is 7.45. The second kappa shape index (κ2) is 38.5. The van der Waals surface area contributed by atoms with E-state index in [9.17, 15) is 19.4 Å². The van der Waals surface area contributed by atoms with E-state index in [1.54, 1.807) is 0 Å². The van der Waals surface area contributed by atoms with Crippen LogP contribution < -0.4 is 4.89 Å². The first kappa shape index (κ1) is 52.7. The van der Waals surface area contributed by atoms with E-state index in [0.717, 1.165) is 64.2 Å². The van der Waals surface area contributed by atoms with E-state index in [0.29, 0.717) is 17.4 Å². The number of hydrogen-bond donors (Lipinski definition) is 1. The van der Waals surface area contributed by atoms with Crippen molar-refractivity contribution in [2.75, 3.05) is 47.5 Å². The molecule has 0 saturated heterocycles. The maximum Gasteiger partial charge on any atom is 0.305 e. The Morgan fingerprint density at radius 1 is 0.582 bits per heavy atom. The van der Waals surface area contributed by atoms with Crippen molar-refractivity contribution in [3.63, 3.8) is 0 Å². The number of esters is 1. The zero-order valence-electron chi connectivity index (χ0n) is 35.3. The monoisotopic (exact) mass is 790 g/mol. The number of hydrogen-bond acceptors (Lipinski definition) is 7. The Bertz CT molecular complexity index is 1150. The van der Waals surface area contributed by atoms with Gasteiger partial charge in [-0.2, -0.15) is 0 Å². The lowest BCUT2D eigenvalue weighted by molar-refractivity contribution is -0.870. The molecule has 0 amide bonds. The second-order valence-corrected chi connectivity index (χ2v) is 16.6. The van der Waals surface area contributed by atoms with Crippen LogP contribution in [-0.4, -0.2) is 69.2 Å². The zero-order valence-corrected chi connectivity index (χ0v) is 36.2. The van der Waals surface area contributed by atoms with Gasteiger partial charge in [-0.15, -0.1) is 0 Å². The molecule has 0 aromatic rings. The summed E-state index contributed by atoms with van der Waals surface area (Å²) in [7, 11) is 1.24. The Balaban J connectivity index is 3.49. The van der Waals surface area contributed by atoms with Crippen LogP contribution >= 0.6 is 7.82 Å². The van der Waals surface area contributed by atoms with Gasteiger partial charge in [0, 0.05) is 6.42 Å². The molecule has 2 unspecified atom stereocenters. The molecule has 0 aliphatic heterocycles. The summed E-state index contributed by atoms with van der Waals surface area (Å²) in [5, 5.41) is 9.89. The molecule has 1 N–H and O–H groups in total. The molecular weight excluding hydrogens is 709 g/mol. The highest BCUT2D eigenvalue weighted by Crippen LogP contribution is 2.38. The fourth-order valence-corrected chi connectivity index (χ4v) is 6.07. The number of aliphatic hydroxyl groups is 1. The zero-order chi connectivity index (χ0) is 40.6. The predicted octanol–water partition coefficient (Wildman–Crippen LogP) is 11.6. The van der Waals surface area contributed by atoms with Gasteiger partial charge in [0.1, 0.15) is 25.9 Å². The molecule has 2 atom stereocenters. The molecule has 0 aromatic heterocycles. The number of ether oxygens (including phenoxy) is 1. The molecule has 8 nitrogen and oxygen atoms in total. The van der Waals surface area contributed by atoms with Crippen molar-refractivity contribution >= 4 is 13.8 Å². The summed E-state index contributed by atoms with van der Waals surface area (Å²) < 4.78 is 26.9. The molecule has 0 fully saturated rings. The van der Waals surface area contributed by atoms with Crippen LogP contribution in [0.1, 0.15) is 148 Å². The number of allylic oxidation sites excluding steroid dienone is 14. The largest absolute Gasteiger partial charge is 0.756 e. The third kappa shape index (κ3) is 44.3. The number of likely N-dealkylation sites (N-methyl/N-ethyl adjacent to an activating group) is 1. The second-order valence-electron chi connectivity index (χ2n) is 15.2. The first-order valence-corrected chi connectivity index (χ1v) is 22.8. The normalized spacial score (nSPS) is 14.7. The fraction of sp³-hybridized carbons (Fsp3) is 0.674. The molecule has 0 aliphatic rings. The van der Waals surface area contributed by atoms with E-state index < -0.39 is 26.5 Å². The van der Waals surface area contributed by atoms with E-state index in [1.807, 2.05) is 21.1 Å². The fourth-order valence-electron chi connectivity index (χ4n) is 5.34. The van der Waals surface area contributed by atoms with E-state index >= 15 is 0 Å². The molecular formula is C46H80NO7P. The van der Waals surface area contributed by atoms with Gasteiger partial charge in [0.25, 0.3) is 7.82 Å². The summed E-state index contributed by atoms with van der Waals surface area (Å²) in [4.78, 5) is 23.7. The van der Waals surface area contributed by atoms with Crippen LogP contribution in [0, 0.1) is 0 Å². The van der Waals surface area contributed by atoms with Gasteiger partial charge in [0.2, 0.25) is 0 Å². The molecule has 0 spiro atoms. The number of aliphatic hydroxyl groups excluding tert-OH is 1. The Hall–Kier alpha value is -2.32. The average molecular weight is 790 g/mol. The van der Waals surface area contributed by atoms with Crippen molar-refractivity contribution in [2.24, 2.45) is 0 Å². The lowest BCUT2D eigenvalue weighted by Crippen LogP contribution is -2.37. The molecule has 316 valence electrons. The van der Waals surface area contributed by atoms with Crippen LogP contribution in [0.25, 0.3) is 0 Å². The smallest absolute Gasteiger partial charge is 0.305 e. The lowest BCUT2D eigenvalue weighted by Gasteiger charge is -2.27. The number of phosphoric ester groups is 1. The van der Waals surface area contributed by atoms with E-state index in [1.165, 1.54) is 70.6 Å². The standard InChI is InChI=1S/C46H80NO7P/c1-5-6-7-8-9-10-11-12-13-14-15-16-17-18-19-20-21-22-23-24-25-26-27-28-29-30-31-32-33-34-35-36-37-38-39-40-46(49)52-43-45(48)44-54-55(50,51)53-42-41-47(2,3)4/h6-7,9-10,12-13,15-16,18-19,21-22,24-25,45,48H,5,8,11,14,17,20,23,26-44H2,1-4H3/b7-6-,10-9-,13-12-,16-15-,19-18-,22-21-,25-24-. The van der Waals surface area contributed by atoms with Gasteiger partial charge in [0.15, 0.2) is 0 Å². The van der Waals surface area contributed by atoms with Crippen molar-refractivity contribution < 1.29 is 37.6 Å². The summed E-state index contributed by atoms with van der Waals surface area (Å²) >= 11 is 0. The highest BCUT2D eigenvalue weighted by atomic mass is 31.2.